The van der Waals surface area contributed by atoms with Gasteiger partial charge in [-0.15, -0.1) is 13.3 Å². The molecule has 0 radical (unpaired) electrons. The van der Waals surface area contributed by atoms with Crippen molar-refractivity contribution >= 4 is 10.1 Å². The summed E-state index contributed by atoms with van der Waals surface area (Å²) in [5, 5.41) is 8.61. The molecule has 1 unspecified atom stereocenters. The molecule has 15 heteroatoms. The summed E-state index contributed by atoms with van der Waals surface area (Å²) in [6.07, 6.45) is -8.03. The van der Waals surface area contributed by atoms with E-state index in [9.17, 15) is 39.5 Å². The summed E-state index contributed by atoms with van der Waals surface area (Å²) in [6.45, 7) is -0.0663. The van der Waals surface area contributed by atoms with Crippen molar-refractivity contribution in [1.82, 2.24) is 0 Å². The Balaban J connectivity index is 0.000000769. The number of nitrogens with zero attached hydrogens (tertiary/aromatic N) is 1. The third-order valence-electron chi connectivity index (χ3n) is 2.94. The number of hydrogen-bond acceptors (Lipinski definition) is 4. The van der Waals surface area contributed by atoms with Crippen LogP contribution in [-0.4, -0.2) is 42.5 Å². The summed E-state index contributed by atoms with van der Waals surface area (Å²) in [6, 6.07) is -1.77. The van der Waals surface area contributed by atoms with E-state index in [-0.39, 0.29) is 11.2 Å². The van der Waals surface area contributed by atoms with Crippen LogP contribution in [0.3, 0.4) is 0 Å². The number of aliphatic hydroxyl groups is 1. The molecule has 0 aliphatic heterocycles. The molecule has 5 nitrogen and oxygen atoms in total. The first-order valence-electron chi connectivity index (χ1n) is 7.14. The number of pyridine rings is 1. The second kappa shape index (κ2) is 9.73. The second-order valence-corrected chi connectivity index (χ2v) is 6.59. The maximum absolute atomic E-state index is 13.5. The monoisotopic (exact) mass is 451 g/mol. The molecule has 28 heavy (non-hydrogen) atoms. The lowest BCUT2D eigenvalue weighted by Gasteiger charge is -2.16. The first-order chi connectivity index (χ1) is 12.4. The lowest BCUT2D eigenvalue weighted by Crippen LogP contribution is -2.56. The van der Waals surface area contributed by atoms with E-state index in [1.165, 1.54) is 12.1 Å². The molecule has 0 spiro atoms. The van der Waals surface area contributed by atoms with E-state index in [0.717, 1.165) is 12.4 Å². The van der Waals surface area contributed by atoms with Crippen LogP contribution in [0.5, 0.6) is 0 Å². The zero-order valence-corrected chi connectivity index (χ0v) is 14.5. The molecule has 1 aromatic heterocycles. The quantitative estimate of drug-likeness (QED) is 0.312. The van der Waals surface area contributed by atoms with Gasteiger partial charge in [0.25, 0.3) is 0 Å². The van der Waals surface area contributed by atoms with Gasteiger partial charge in [0.05, 0.1) is 6.42 Å². The summed E-state index contributed by atoms with van der Waals surface area (Å²) < 4.78 is 135. The number of halogens is 9. The van der Waals surface area contributed by atoms with E-state index in [1.54, 1.807) is 0 Å². The molecule has 0 bridgehead atoms. The number of aryl methyl sites for hydroxylation is 1. The maximum Gasteiger partial charge on any atom is 0.493 e. The molecule has 0 aromatic carbocycles. The van der Waals surface area contributed by atoms with Gasteiger partial charge in [0.1, 0.15) is 0 Å². The van der Waals surface area contributed by atoms with E-state index in [2.05, 4.69) is 0 Å². The maximum atomic E-state index is 13.5. The van der Waals surface area contributed by atoms with Crippen LogP contribution < -0.4 is 4.57 Å². The van der Waals surface area contributed by atoms with Crippen molar-refractivity contribution in [1.29, 1.82) is 0 Å². The fraction of sp³-hybridized carbons (Fsp3) is 0.615. The lowest BCUT2D eigenvalue weighted by atomic mass is 10.1. The normalized spacial score (nSPS) is 14.2. The molecule has 0 fully saturated rings. The summed E-state index contributed by atoms with van der Waals surface area (Å²) in [5.41, 5.74) is -5.02. The molecule has 1 atom stereocenters. The van der Waals surface area contributed by atoms with E-state index in [4.69, 9.17) is 18.1 Å². The van der Waals surface area contributed by atoms with E-state index < -0.39 is 40.4 Å². The summed E-state index contributed by atoms with van der Waals surface area (Å²) in [4.78, 5) is 0. The van der Waals surface area contributed by atoms with Crippen molar-refractivity contribution in [3.05, 3.63) is 30.1 Å². The highest BCUT2D eigenvalue weighted by molar-refractivity contribution is 7.86. The standard InChI is InChI=1S/C12H14F6NO.CHF3O3S/c13-10(8-11(14,15)16)12(17,18)19-5-3-9(4-6-19)2-1-7-20;2-1(3,4)8(5,6)7/h3-6,10,20H,1-2,7-8H2;(H,5,6,7)/q+1;/p-1. The highest BCUT2D eigenvalue weighted by atomic mass is 32.2. The minimum atomic E-state index is -6.09. The molecular formula is C13H14F9NO4S. The fourth-order valence-corrected chi connectivity index (χ4v) is 1.59. The summed E-state index contributed by atoms with van der Waals surface area (Å²) in [7, 11) is -6.09. The van der Waals surface area contributed by atoms with Crippen molar-refractivity contribution < 1.29 is 62.2 Å². The first-order valence-corrected chi connectivity index (χ1v) is 8.55. The average Bonchev–Trinajstić information content (AvgIpc) is 2.50. The molecule has 1 rings (SSSR count). The zero-order chi connectivity index (χ0) is 22.4. The van der Waals surface area contributed by atoms with E-state index in [1.807, 2.05) is 0 Å². The Morgan fingerprint density at radius 2 is 1.46 bits per heavy atom. The van der Waals surface area contributed by atoms with E-state index >= 15 is 0 Å². The summed E-state index contributed by atoms with van der Waals surface area (Å²) >= 11 is 0. The highest BCUT2D eigenvalue weighted by Gasteiger charge is 2.54. The van der Waals surface area contributed by atoms with Gasteiger partial charge in [-0.3, -0.25) is 0 Å². The third-order valence-corrected chi connectivity index (χ3v) is 3.50. The highest BCUT2D eigenvalue weighted by Crippen LogP contribution is 2.31. The van der Waals surface area contributed by atoms with Crippen LogP contribution in [0.2, 0.25) is 0 Å². The SMILES string of the molecule is O=S(=O)([O-])C(F)(F)F.OCCCc1cc[n+](C(F)(F)C(F)CC(F)(F)F)cc1. The molecule has 0 aliphatic carbocycles. The minimum absolute atomic E-state index is 0.0663. The van der Waals surface area contributed by atoms with Crippen molar-refractivity contribution in [3.63, 3.8) is 0 Å². The number of aromatic nitrogens is 1. The van der Waals surface area contributed by atoms with Gasteiger partial charge in [-0.2, -0.15) is 26.3 Å². The Morgan fingerprint density at radius 3 is 1.79 bits per heavy atom. The van der Waals surface area contributed by atoms with Crippen LogP contribution in [-0.2, 0) is 22.6 Å². The number of aliphatic hydroxyl groups excluding tert-OH is 1. The van der Waals surface area contributed by atoms with Crippen molar-refractivity contribution in [2.75, 3.05) is 6.61 Å². The predicted molar refractivity (Wildman–Crippen MR) is 73.6 cm³/mol. The first kappa shape index (κ1) is 26.4. The van der Waals surface area contributed by atoms with Crippen molar-refractivity contribution in [3.8, 4) is 0 Å². The third kappa shape index (κ3) is 9.05. The van der Waals surface area contributed by atoms with Gasteiger partial charge in [-0.1, -0.05) is 0 Å². The average molecular weight is 451 g/mol. The Bertz CT molecular complexity index is 702. The zero-order valence-electron chi connectivity index (χ0n) is 13.6. The van der Waals surface area contributed by atoms with Crippen LogP contribution in [0.25, 0.3) is 0 Å². The smallest absolute Gasteiger partial charge is 0.493 e. The van der Waals surface area contributed by atoms with E-state index in [0.29, 0.717) is 18.4 Å². The Kier molecular flexibility index (Phi) is 9.17. The molecular weight excluding hydrogens is 437 g/mol. The van der Waals surface area contributed by atoms with Crippen LogP contribution in [0.1, 0.15) is 18.4 Å². The van der Waals surface area contributed by atoms with Gasteiger partial charge in [0.15, 0.2) is 22.5 Å². The van der Waals surface area contributed by atoms with Crippen LogP contribution >= 0.6 is 0 Å². The Hall–Kier alpha value is -1.61. The molecule has 0 aliphatic rings. The lowest BCUT2D eigenvalue weighted by molar-refractivity contribution is -0.830. The number of hydrogen-bond donors (Lipinski definition) is 1. The fourth-order valence-electron chi connectivity index (χ4n) is 1.59. The van der Waals surface area contributed by atoms with Gasteiger partial charge in [-0.05, 0) is 18.4 Å². The van der Waals surface area contributed by atoms with Gasteiger partial charge < -0.3 is 9.66 Å². The number of alkyl halides is 9. The van der Waals surface area contributed by atoms with Gasteiger partial charge in [0.2, 0.25) is 6.17 Å². The topological polar surface area (TPSA) is 81.3 Å². The second-order valence-electron chi connectivity index (χ2n) is 5.22. The number of rotatable bonds is 6. The summed E-state index contributed by atoms with van der Waals surface area (Å²) in [5.74, 6) is 0. The largest absolute Gasteiger partial charge is 0.741 e. The van der Waals surface area contributed by atoms with Crippen LogP contribution in [0.15, 0.2) is 24.5 Å². The molecule has 164 valence electrons. The molecule has 1 heterocycles. The molecule has 0 saturated carbocycles. The Morgan fingerprint density at radius 1 is 1.04 bits per heavy atom. The van der Waals surface area contributed by atoms with Crippen LogP contribution in [0, 0.1) is 0 Å². The molecule has 0 amide bonds. The van der Waals surface area contributed by atoms with Crippen molar-refractivity contribution in [2.24, 2.45) is 0 Å². The van der Waals surface area contributed by atoms with Crippen molar-refractivity contribution in [2.45, 2.75) is 43.2 Å². The minimum Gasteiger partial charge on any atom is -0.741 e. The van der Waals surface area contributed by atoms with Gasteiger partial charge in [0, 0.05) is 18.7 Å². The predicted octanol–water partition coefficient (Wildman–Crippen LogP) is 2.79. The molecule has 1 aromatic rings. The van der Waals surface area contributed by atoms with Crippen LogP contribution in [0.4, 0.5) is 39.5 Å². The van der Waals surface area contributed by atoms with Gasteiger partial charge in [-0.25, -0.2) is 12.8 Å². The molecule has 1 N–H and O–H groups in total. The molecule has 0 saturated heterocycles. The Labute approximate surface area is 153 Å². The van der Waals surface area contributed by atoms with Gasteiger partial charge >= 0.3 is 17.7 Å².